The predicted molar refractivity (Wildman–Crippen MR) is 54.5 cm³/mol. The van der Waals surface area contributed by atoms with Crippen LogP contribution in [0.15, 0.2) is 36.4 Å². The molecule has 0 saturated carbocycles. The van der Waals surface area contributed by atoms with Crippen LogP contribution in [0.5, 0.6) is 11.5 Å². The van der Waals surface area contributed by atoms with Gasteiger partial charge in [-0.2, -0.15) is 0 Å². The average Bonchev–Trinajstić information content (AvgIpc) is 2.27. The smallest absolute Gasteiger partial charge is 0.162 e. The monoisotopic (exact) mass is 191 g/mol. The molecule has 0 aromatic heterocycles. The van der Waals surface area contributed by atoms with Crippen molar-refractivity contribution in [1.29, 1.82) is 0 Å². The number of ether oxygens (including phenoxy) is 2. The second kappa shape index (κ2) is 3.72. The Bertz CT molecular complexity index is 349. The Morgan fingerprint density at radius 1 is 1.43 bits per heavy atom. The molecule has 1 aromatic rings. The number of fused-ring (bicyclic) bond motifs is 1. The molecule has 0 aliphatic carbocycles. The van der Waals surface area contributed by atoms with Gasteiger partial charge in [-0.15, -0.1) is 0 Å². The Labute approximate surface area is 83.1 Å². The van der Waals surface area contributed by atoms with Crippen molar-refractivity contribution in [3.63, 3.8) is 0 Å². The molecule has 74 valence electrons. The van der Waals surface area contributed by atoms with Crippen LogP contribution >= 0.6 is 0 Å². The molecule has 1 heterocycles. The topological polar surface area (TPSA) is 44.5 Å². The summed E-state index contributed by atoms with van der Waals surface area (Å²) in [5.74, 6) is 1.55. The van der Waals surface area contributed by atoms with E-state index in [1.54, 1.807) is 0 Å². The lowest BCUT2D eigenvalue weighted by molar-refractivity contribution is 0.114. The van der Waals surface area contributed by atoms with Crippen LogP contribution in [0.2, 0.25) is 0 Å². The van der Waals surface area contributed by atoms with Crippen LogP contribution < -0.4 is 15.2 Å². The molecule has 1 atom stereocenters. The first-order chi connectivity index (χ1) is 6.81. The van der Waals surface area contributed by atoms with Gasteiger partial charge in [-0.05, 0) is 17.7 Å². The van der Waals surface area contributed by atoms with Crippen molar-refractivity contribution < 1.29 is 9.47 Å². The van der Waals surface area contributed by atoms with E-state index in [4.69, 9.17) is 15.2 Å². The minimum atomic E-state index is -0.116. The van der Waals surface area contributed by atoms with Crippen molar-refractivity contribution >= 4 is 0 Å². The minimum absolute atomic E-state index is 0.116. The predicted octanol–water partition coefficient (Wildman–Crippen LogP) is 1.34. The lowest BCUT2D eigenvalue weighted by Crippen LogP contribution is -2.33. The highest BCUT2D eigenvalue weighted by Crippen LogP contribution is 2.31. The Morgan fingerprint density at radius 3 is 2.86 bits per heavy atom. The zero-order valence-electron chi connectivity index (χ0n) is 7.90. The van der Waals surface area contributed by atoms with Crippen molar-refractivity contribution in [2.45, 2.75) is 6.10 Å². The van der Waals surface area contributed by atoms with Crippen molar-refractivity contribution in [2.75, 3.05) is 13.2 Å². The van der Waals surface area contributed by atoms with E-state index in [1.807, 2.05) is 24.3 Å². The maximum Gasteiger partial charge on any atom is 0.162 e. The fourth-order valence-corrected chi connectivity index (χ4v) is 1.35. The summed E-state index contributed by atoms with van der Waals surface area (Å²) in [4.78, 5) is 0. The lowest BCUT2D eigenvalue weighted by atomic mass is 10.1. The molecule has 2 N–H and O–H groups in total. The molecule has 0 bridgehead atoms. The Morgan fingerprint density at radius 2 is 2.14 bits per heavy atom. The van der Waals surface area contributed by atoms with Gasteiger partial charge in [0, 0.05) is 6.54 Å². The second-order valence-corrected chi connectivity index (χ2v) is 3.23. The average molecular weight is 191 g/mol. The normalized spacial score (nSPS) is 19.1. The Balaban J connectivity index is 2.17. The maximum atomic E-state index is 5.68. The van der Waals surface area contributed by atoms with Crippen LogP contribution in [0.25, 0.3) is 0 Å². The number of benzene rings is 1. The first-order valence-corrected chi connectivity index (χ1v) is 4.57. The second-order valence-electron chi connectivity index (χ2n) is 3.23. The summed E-state index contributed by atoms with van der Waals surface area (Å²) in [6.45, 7) is 4.76. The molecule has 0 radical (unpaired) electrons. The van der Waals surface area contributed by atoms with Crippen molar-refractivity contribution in [1.82, 2.24) is 0 Å². The molecule has 0 fully saturated rings. The quantitative estimate of drug-likeness (QED) is 0.717. The van der Waals surface area contributed by atoms with E-state index in [2.05, 4.69) is 6.58 Å². The van der Waals surface area contributed by atoms with E-state index in [9.17, 15) is 0 Å². The van der Waals surface area contributed by atoms with Crippen LogP contribution in [-0.4, -0.2) is 19.3 Å². The molecular formula is C11H13NO2. The Hall–Kier alpha value is -1.48. The lowest BCUT2D eigenvalue weighted by Gasteiger charge is -2.27. The standard InChI is InChI=1S/C11H13NO2/c1-8(6-12)11-7-13-9-4-2-3-5-10(9)14-11/h2-5,11H,1,6-7,12H2. The molecule has 1 aromatic carbocycles. The number of hydrogen-bond donors (Lipinski definition) is 1. The van der Waals surface area contributed by atoms with Gasteiger partial charge in [-0.1, -0.05) is 18.7 Å². The van der Waals surface area contributed by atoms with Crippen molar-refractivity contribution in [3.05, 3.63) is 36.4 Å². The van der Waals surface area contributed by atoms with Crippen molar-refractivity contribution in [2.24, 2.45) is 5.73 Å². The summed E-state index contributed by atoms with van der Waals surface area (Å²) in [6, 6.07) is 7.60. The first-order valence-electron chi connectivity index (χ1n) is 4.57. The van der Waals surface area contributed by atoms with E-state index in [-0.39, 0.29) is 6.10 Å². The van der Waals surface area contributed by atoms with E-state index >= 15 is 0 Å². The summed E-state index contributed by atoms with van der Waals surface area (Å²) >= 11 is 0. The third kappa shape index (κ3) is 1.59. The van der Waals surface area contributed by atoms with E-state index < -0.39 is 0 Å². The van der Waals surface area contributed by atoms with E-state index in [1.165, 1.54) is 0 Å². The van der Waals surface area contributed by atoms with Crippen LogP contribution in [0, 0.1) is 0 Å². The van der Waals surface area contributed by atoms with Gasteiger partial charge in [0.2, 0.25) is 0 Å². The number of para-hydroxylation sites is 2. The third-order valence-corrected chi connectivity index (χ3v) is 2.23. The number of hydrogen-bond acceptors (Lipinski definition) is 3. The SMILES string of the molecule is C=C(CN)C1COc2ccccc2O1. The maximum absolute atomic E-state index is 5.68. The third-order valence-electron chi connectivity index (χ3n) is 2.23. The highest BCUT2D eigenvalue weighted by molar-refractivity contribution is 5.41. The summed E-state index contributed by atoms with van der Waals surface area (Å²) in [7, 11) is 0. The fourth-order valence-electron chi connectivity index (χ4n) is 1.35. The molecule has 3 heteroatoms. The largest absolute Gasteiger partial charge is 0.485 e. The van der Waals surface area contributed by atoms with Crippen LogP contribution in [-0.2, 0) is 0 Å². The molecule has 0 saturated heterocycles. The van der Waals surface area contributed by atoms with Gasteiger partial charge in [0.25, 0.3) is 0 Å². The highest BCUT2D eigenvalue weighted by atomic mass is 16.6. The van der Waals surface area contributed by atoms with Crippen LogP contribution in [0.3, 0.4) is 0 Å². The fraction of sp³-hybridized carbons (Fsp3) is 0.273. The number of nitrogens with two attached hydrogens (primary N) is 1. The molecule has 14 heavy (non-hydrogen) atoms. The molecular weight excluding hydrogens is 178 g/mol. The Kier molecular flexibility index (Phi) is 2.41. The van der Waals surface area contributed by atoms with Gasteiger partial charge in [0.1, 0.15) is 6.61 Å². The van der Waals surface area contributed by atoms with Gasteiger partial charge in [-0.25, -0.2) is 0 Å². The summed E-state index contributed by atoms with van der Waals surface area (Å²) < 4.78 is 11.2. The molecule has 0 amide bonds. The molecule has 0 spiro atoms. The van der Waals surface area contributed by atoms with Crippen molar-refractivity contribution in [3.8, 4) is 11.5 Å². The summed E-state index contributed by atoms with van der Waals surface area (Å²) in [5.41, 5.74) is 6.35. The molecule has 1 unspecified atom stereocenters. The van der Waals surface area contributed by atoms with Crippen LogP contribution in [0.4, 0.5) is 0 Å². The summed E-state index contributed by atoms with van der Waals surface area (Å²) in [5, 5.41) is 0. The van der Waals surface area contributed by atoms with E-state index in [0.717, 1.165) is 17.1 Å². The number of rotatable bonds is 2. The van der Waals surface area contributed by atoms with Gasteiger partial charge >= 0.3 is 0 Å². The summed E-state index contributed by atoms with van der Waals surface area (Å²) in [6.07, 6.45) is -0.116. The zero-order chi connectivity index (χ0) is 9.97. The minimum Gasteiger partial charge on any atom is -0.485 e. The van der Waals surface area contributed by atoms with Gasteiger partial charge in [0.15, 0.2) is 17.6 Å². The first kappa shape index (κ1) is 9.09. The molecule has 1 aliphatic heterocycles. The van der Waals surface area contributed by atoms with E-state index in [0.29, 0.717) is 13.2 Å². The van der Waals surface area contributed by atoms with Gasteiger partial charge in [-0.3, -0.25) is 0 Å². The highest BCUT2D eigenvalue weighted by Gasteiger charge is 2.21. The molecule has 3 nitrogen and oxygen atoms in total. The van der Waals surface area contributed by atoms with Crippen LogP contribution in [0.1, 0.15) is 0 Å². The molecule has 1 aliphatic rings. The molecule has 2 rings (SSSR count). The zero-order valence-corrected chi connectivity index (χ0v) is 7.90. The van der Waals surface area contributed by atoms with Gasteiger partial charge < -0.3 is 15.2 Å². The van der Waals surface area contributed by atoms with Gasteiger partial charge in [0.05, 0.1) is 0 Å².